The van der Waals surface area contributed by atoms with Crippen LogP contribution < -0.4 is 5.32 Å². The van der Waals surface area contributed by atoms with E-state index in [0.29, 0.717) is 5.82 Å². The monoisotopic (exact) mass is 431 g/mol. The van der Waals surface area contributed by atoms with Gasteiger partial charge in [0.05, 0.1) is 24.8 Å². The van der Waals surface area contributed by atoms with Gasteiger partial charge in [0.15, 0.2) is 5.82 Å². The van der Waals surface area contributed by atoms with Crippen LogP contribution in [0, 0.1) is 6.92 Å². The van der Waals surface area contributed by atoms with Crippen LogP contribution in [0.5, 0.6) is 0 Å². The highest BCUT2D eigenvalue weighted by molar-refractivity contribution is 7.12. The number of nitrogens with zero attached hydrogens (tertiary/aromatic N) is 4. The van der Waals surface area contributed by atoms with Gasteiger partial charge in [0.25, 0.3) is 0 Å². The SMILES string of the molecule is Cc1ccc(C(CNc2nc(-c3cccnc3)nc3ccccc23)N2CCOCC2)s1. The van der Waals surface area contributed by atoms with E-state index in [4.69, 9.17) is 14.7 Å². The third-order valence-corrected chi connectivity index (χ3v) is 6.66. The molecule has 158 valence electrons. The van der Waals surface area contributed by atoms with Crippen molar-refractivity contribution in [2.75, 3.05) is 38.2 Å². The van der Waals surface area contributed by atoms with Gasteiger partial charge in [-0.15, -0.1) is 11.3 Å². The van der Waals surface area contributed by atoms with E-state index in [0.717, 1.165) is 55.1 Å². The molecule has 1 atom stereocenters. The lowest BCUT2D eigenvalue weighted by Gasteiger charge is -2.34. The van der Waals surface area contributed by atoms with E-state index in [-0.39, 0.29) is 6.04 Å². The number of aryl methyl sites for hydroxylation is 1. The van der Waals surface area contributed by atoms with Crippen molar-refractivity contribution in [3.63, 3.8) is 0 Å². The lowest BCUT2D eigenvalue weighted by Crippen LogP contribution is -2.41. The molecule has 0 radical (unpaired) electrons. The van der Waals surface area contributed by atoms with Gasteiger partial charge in [0, 0.05) is 52.7 Å². The molecule has 1 saturated heterocycles. The Balaban J connectivity index is 1.48. The summed E-state index contributed by atoms with van der Waals surface area (Å²) in [4.78, 5) is 19.1. The minimum absolute atomic E-state index is 0.276. The molecule has 1 aliphatic heterocycles. The van der Waals surface area contributed by atoms with Crippen molar-refractivity contribution >= 4 is 28.1 Å². The van der Waals surface area contributed by atoms with E-state index in [1.807, 2.05) is 41.7 Å². The van der Waals surface area contributed by atoms with Gasteiger partial charge >= 0.3 is 0 Å². The van der Waals surface area contributed by atoms with Gasteiger partial charge in [-0.3, -0.25) is 9.88 Å². The smallest absolute Gasteiger partial charge is 0.163 e. The lowest BCUT2D eigenvalue weighted by molar-refractivity contribution is 0.0194. The molecule has 0 bridgehead atoms. The first-order valence-corrected chi connectivity index (χ1v) is 11.4. The minimum atomic E-state index is 0.276. The molecule has 1 N–H and O–H groups in total. The number of rotatable bonds is 6. The second-order valence-corrected chi connectivity index (χ2v) is 8.97. The topological polar surface area (TPSA) is 63.2 Å². The van der Waals surface area contributed by atoms with Crippen LogP contribution in [0.15, 0.2) is 60.9 Å². The number of pyridine rings is 1. The Hall–Kier alpha value is -2.87. The third-order valence-electron chi connectivity index (χ3n) is 5.56. The van der Waals surface area contributed by atoms with Gasteiger partial charge in [-0.25, -0.2) is 9.97 Å². The van der Waals surface area contributed by atoms with Crippen LogP contribution in [0.2, 0.25) is 0 Å². The Morgan fingerprint density at radius 3 is 2.71 bits per heavy atom. The van der Waals surface area contributed by atoms with Gasteiger partial charge in [0.1, 0.15) is 5.82 Å². The average molecular weight is 432 g/mol. The molecule has 3 aromatic heterocycles. The standard InChI is InChI=1S/C24H25N5OS/c1-17-8-9-22(31-17)21(29-11-13-30-14-12-29)16-26-24-19-6-2-3-7-20(19)27-23(28-24)18-5-4-10-25-15-18/h2-10,15,21H,11-14,16H2,1H3,(H,26,27,28). The Labute approximate surface area is 185 Å². The van der Waals surface area contributed by atoms with Gasteiger partial charge in [-0.1, -0.05) is 12.1 Å². The highest BCUT2D eigenvalue weighted by Crippen LogP contribution is 2.30. The van der Waals surface area contributed by atoms with Crippen LogP contribution in [0.25, 0.3) is 22.3 Å². The first-order chi connectivity index (χ1) is 15.3. The highest BCUT2D eigenvalue weighted by atomic mass is 32.1. The number of morpholine rings is 1. The average Bonchev–Trinajstić information content (AvgIpc) is 3.26. The fourth-order valence-electron chi connectivity index (χ4n) is 3.96. The fourth-order valence-corrected chi connectivity index (χ4v) is 4.97. The number of anilines is 1. The number of fused-ring (bicyclic) bond motifs is 1. The van der Waals surface area contributed by atoms with Crippen molar-refractivity contribution in [3.8, 4) is 11.4 Å². The fraction of sp³-hybridized carbons (Fsp3) is 0.292. The maximum atomic E-state index is 5.59. The van der Waals surface area contributed by atoms with Crippen molar-refractivity contribution in [2.45, 2.75) is 13.0 Å². The zero-order chi connectivity index (χ0) is 21.0. The number of hydrogen-bond acceptors (Lipinski definition) is 7. The first kappa shape index (κ1) is 20.1. The van der Waals surface area contributed by atoms with Crippen molar-refractivity contribution in [1.82, 2.24) is 19.9 Å². The van der Waals surface area contributed by atoms with Crippen LogP contribution in [0.3, 0.4) is 0 Å². The number of hydrogen-bond donors (Lipinski definition) is 1. The molecular formula is C24H25N5OS. The summed E-state index contributed by atoms with van der Waals surface area (Å²) >= 11 is 1.86. The molecule has 1 unspecified atom stereocenters. The number of para-hydroxylation sites is 1. The van der Waals surface area contributed by atoms with Crippen LogP contribution in [-0.2, 0) is 4.74 Å². The molecule has 7 heteroatoms. The number of benzene rings is 1. The molecule has 1 fully saturated rings. The Morgan fingerprint density at radius 2 is 1.94 bits per heavy atom. The molecule has 1 aliphatic rings. The van der Waals surface area contributed by atoms with E-state index in [1.54, 1.807) is 12.4 Å². The molecule has 4 heterocycles. The molecule has 0 aliphatic carbocycles. The summed E-state index contributed by atoms with van der Waals surface area (Å²) in [6.45, 7) is 6.37. The predicted octanol–water partition coefficient (Wildman–Crippen LogP) is 4.55. The van der Waals surface area contributed by atoms with Crippen molar-refractivity contribution < 1.29 is 4.74 Å². The summed E-state index contributed by atoms with van der Waals surface area (Å²) in [5.41, 5.74) is 1.84. The Morgan fingerprint density at radius 1 is 1.06 bits per heavy atom. The summed E-state index contributed by atoms with van der Waals surface area (Å²) in [7, 11) is 0. The number of ether oxygens (including phenoxy) is 1. The largest absolute Gasteiger partial charge is 0.379 e. The van der Waals surface area contributed by atoms with E-state index in [2.05, 4.69) is 40.3 Å². The molecular weight excluding hydrogens is 406 g/mol. The van der Waals surface area contributed by atoms with Gasteiger partial charge < -0.3 is 10.1 Å². The van der Waals surface area contributed by atoms with Gasteiger partial charge in [0.2, 0.25) is 0 Å². The molecule has 1 aromatic carbocycles. The Kier molecular flexibility index (Phi) is 5.88. The second kappa shape index (κ2) is 9.09. The van der Waals surface area contributed by atoms with Crippen molar-refractivity contribution in [1.29, 1.82) is 0 Å². The van der Waals surface area contributed by atoms with Crippen molar-refractivity contribution in [3.05, 3.63) is 70.7 Å². The second-order valence-electron chi connectivity index (χ2n) is 7.65. The van der Waals surface area contributed by atoms with E-state index < -0.39 is 0 Å². The number of nitrogens with one attached hydrogen (secondary N) is 1. The van der Waals surface area contributed by atoms with Crippen LogP contribution >= 0.6 is 11.3 Å². The maximum Gasteiger partial charge on any atom is 0.163 e. The molecule has 0 saturated carbocycles. The van der Waals surface area contributed by atoms with Gasteiger partial charge in [-0.05, 0) is 43.3 Å². The number of thiophene rings is 1. The summed E-state index contributed by atoms with van der Waals surface area (Å²) in [5.74, 6) is 1.54. The third kappa shape index (κ3) is 4.44. The molecule has 4 aromatic rings. The molecule has 31 heavy (non-hydrogen) atoms. The maximum absolute atomic E-state index is 5.59. The summed E-state index contributed by atoms with van der Waals surface area (Å²) in [6.07, 6.45) is 3.57. The van der Waals surface area contributed by atoms with Crippen LogP contribution in [-0.4, -0.2) is 52.7 Å². The van der Waals surface area contributed by atoms with Crippen LogP contribution in [0.1, 0.15) is 15.8 Å². The molecule has 6 nitrogen and oxygen atoms in total. The molecule has 0 spiro atoms. The normalized spacial score (nSPS) is 15.8. The summed E-state index contributed by atoms with van der Waals surface area (Å²) < 4.78 is 5.59. The van der Waals surface area contributed by atoms with Crippen LogP contribution in [0.4, 0.5) is 5.82 Å². The zero-order valence-electron chi connectivity index (χ0n) is 17.5. The minimum Gasteiger partial charge on any atom is -0.379 e. The van der Waals surface area contributed by atoms with Gasteiger partial charge in [-0.2, -0.15) is 0 Å². The van der Waals surface area contributed by atoms with E-state index in [9.17, 15) is 0 Å². The Bertz CT molecular complexity index is 1160. The summed E-state index contributed by atoms with van der Waals surface area (Å²) in [5, 5.41) is 4.68. The summed E-state index contributed by atoms with van der Waals surface area (Å²) in [6, 6.07) is 16.8. The molecule has 0 amide bonds. The number of aromatic nitrogens is 3. The lowest BCUT2D eigenvalue weighted by atomic mass is 10.1. The van der Waals surface area contributed by atoms with E-state index >= 15 is 0 Å². The quantitative estimate of drug-likeness (QED) is 0.483. The zero-order valence-corrected chi connectivity index (χ0v) is 18.3. The molecule has 5 rings (SSSR count). The van der Waals surface area contributed by atoms with Crippen molar-refractivity contribution in [2.24, 2.45) is 0 Å². The highest BCUT2D eigenvalue weighted by Gasteiger charge is 2.24. The predicted molar refractivity (Wildman–Crippen MR) is 125 cm³/mol. The van der Waals surface area contributed by atoms with E-state index in [1.165, 1.54) is 9.75 Å². The first-order valence-electron chi connectivity index (χ1n) is 10.6.